The van der Waals surface area contributed by atoms with Gasteiger partial charge >= 0.3 is 0 Å². The Bertz CT molecular complexity index is 405. The van der Waals surface area contributed by atoms with Crippen molar-refractivity contribution in [3.63, 3.8) is 0 Å². The molecule has 0 spiro atoms. The van der Waals surface area contributed by atoms with Gasteiger partial charge in [-0.25, -0.2) is 0 Å². The van der Waals surface area contributed by atoms with E-state index in [9.17, 15) is 10.1 Å². The van der Waals surface area contributed by atoms with Crippen LogP contribution in [-0.4, -0.2) is 11.2 Å². The van der Waals surface area contributed by atoms with Crippen LogP contribution in [0.15, 0.2) is 35.5 Å². The van der Waals surface area contributed by atoms with Gasteiger partial charge in [0.1, 0.15) is 5.03 Å². The third kappa shape index (κ3) is 3.94. The van der Waals surface area contributed by atoms with Crippen LogP contribution in [0.1, 0.15) is 11.1 Å². The van der Waals surface area contributed by atoms with Gasteiger partial charge in [-0.15, -0.1) is 11.8 Å². The minimum Gasteiger partial charge on any atom is -0.371 e. The van der Waals surface area contributed by atoms with Crippen LogP contribution in [-0.2, 0) is 6.54 Å². The lowest BCUT2D eigenvalue weighted by Crippen LogP contribution is -2.12. The van der Waals surface area contributed by atoms with Crippen molar-refractivity contribution in [2.75, 3.05) is 6.26 Å². The molecule has 16 heavy (non-hydrogen) atoms. The Morgan fingerprint density at radius 3 is 2.81 bits per heavy atom. The quantitative estimate of drug-likeness (QED) is 0.632. The molecule has 0 bridgehead atoms. The Kier molecular flexibility index (Phi) is 4.85. The Balaban J connectivity index is 2.63. The third-order valence-electron chi connectivity index (χ3n) is 2.16. The van der Waals surface area contributed by atoms with Gasteiger partial charge in [0, 0.05) is 6.54 Å². The maximum Gasteiger partial charge on any atom is 0.263 e. The number of benzene rings is 1. The van der Waals surface area contributed by atoms with E-state index in [1.54, 1.807) is 6.26 Å². The van der Waals surface area contributed by atoms with Crippen LogP contribution >= 0.6 is 11.8 Å². The second-order valence-electron chi connectivity index (χ2n) is 3.26. The van der Waals surface area contributed by atoms with Crippen LogP contribution in [0, 0.1) is 17.0 Å². The number of nitro groups is 1. The van der Waals surface area contributed by atoms with Crippen LogP contribution in [0.25, 0.3) is 0 Å². The molecule has 0 saturated carbocycles. The molecule has 5 heteroatoms. The number of nitrogens with zero attached hydrogens (tertiary/aromatic N) is 1. The highest BCUT2D eigenvalue weighted by atomic mass is 32.2. The highest BCUT2D eigenvalue weighted by Gasteiger charge is 2.02. The first kappa shape index (κ1) is 12.6. The van der Waals surface area contributed by atoms with Crippen molar-refractivity contribution < 1.29 is 4.92 Å². The maximum absolute atomic E-state index is 10.3. The highest BCUT2D eigenvalue weighted by Crippen LogP contribution is 2.11. The van der Waals surface area contributed by atoms with Crippen LogP contribution in [0.4, 0.5) is 0 Å². The Morgan fingerprint density at radius 1 is 1.56 bits per heavy atom. The molecular weight excluding hydrogens is 224 g/mol. The van der Waals surface area contributed by atoms with Gasteiger partial charge in [0.25, 0.3) is 6.20 Å². The zero-order chi connectivity index (χ0) is 12.0. The summed E-state index contributed by atoms with van der Waals surface area (Å²) in [6.07, 6.45) is 2.79. The van der Waals surface area contributed by atoms with Gasteiger partial charge in [-0.1, -0.05) is 24.3 Å². The van der Waals surface area contributed by atoms with Crippen molar-refractivity contribution >= 4 is 11.8 Å². The molecule has 0 amide bonds. The van der Waals surface area contributed by atoms with E-state index in [1.165, 1.54) is 17.3 Å². The Labute approximate surface area is 98.9 Å². The van der Waals surface area contributed by atoms with Gasteiger partial charge in [0.15, 0.2) is 0 Å². The summed E-state index contributed by atoms with van der Waals surface area (Å²) in [4.78, 5) is 9.87. The third-order valence-corrected chi connectivity index (χ3v) is 2.85. The number of aryl methyl sites for hydroxylation is 1. The smallest absolute Gasteiger partial charge is 0.263 e. The second-order valence-corrected chi connectivity index (χ2v) is 4.11. The first-order chi connectivity index (χ1) is 7.63. The fourth-order valence-corrected chi connectivity index (χ4v) is 1.67. The molecule has 0 heterocycles. The van der Waals surface area contributed by atoms with Gasteiger partial charge in [-0.2, -0.15) is 0 Å². The van der Waals surface area contributed by atoms with Crippen molar-refractivity contribution in [1.29, 1.82) is 0 Å². The number of nitrogens with one attached hydrogen (secondary N) is 1. The van der Waals surface area contributed by atoms with Gasteiger partial charge in [-0.05, 0) is 24.3 Å². The summed E-state index contributed by atoms with van der Waals surface area (Å²) in [5.41, 5.74) is 2.32. The second kappa shape index (κ2) is 6.17. The molecule has 0 aromatic heterocycles. The van der Waals surface area contributed by atoms with Crippen LogP contribution in [0.3, 0.4) is 0 Å². The van der Waals surface area contributed by atoms with E-state index in [-0.39, 0.29) is 0 Å². The van der Waals surface area contributed by atoms with Crippen LogP contribution in [0.2, 0.25) is 0 Å². The van der Waals surface area contributed by atoms with E-state index in [1.807, 2.05) is 31.2 Å². The van der Waals surface area contributed by atoms with E-state index < -0.39 is 4.92 Å². The average molecular weight is 238 g/mol. The summed E-state index contributed by atoms with van der Waals surface area (Å²) < 4.78 is 0. The molecule has 4 nitrogen and oxygen atoms in total. The van der Waals surface area contributed by atoms with Crippen molar-refractivity contribution in [2.45, 2.75) is 13.5 Å². The molecule has 86 valence electrons. The monoisotopic (exact) mass is 238 g/mol. The first-order valence-electron chi connectivity index (χ1n) is 4.81. The SMILES string of the molecule is CS/C(=C\[N+](=O)[O-])NCc1ccccc1C. The summed E-state index contributed by atoms with van der Waals surface area (Å²) >= 11 is 1.33. The van der Waals surface area contributed by atoms with Gasteiger partial charge in [-0.3, -0.25) is 10.1 Å². The van der Waals surface area contributed by atoms with Crippen molar-refractivity contribution in [3.8, 4) is 0 Å². The molecule has 0 fully saturated rings. The molecule has 0 saturated heterocycles. The fourth-order valence-electron chi connectivity index (χ4n) is 1.26. The molecular formula is C11H14N2O2S. The summed E-state index contributed by atoms with van der Waals surface area (Å²) in [6, 6.07) is 7.96. The summed E-state index contributed by atoms with van der Waals surface area (Å²) in [5.74, 6) is 0. The summed E-state index contributed by atoms with van der Waals surface area (Å²) in [7, 11) is 0. The molecule has 0 atom stereocenters. The molecule has 0 aliphatic rings. The van der Waals surface area contributed by atoms with Gasteiger partial charge < -0.3 is 5.32 Å². The highest BCUT2D eigenvalue weighted by molar-refractivity contribution is 8.02. The minimum atomic E-state index is -0.448. The zero-order valence-corrected chi connectivity index (χ0v) is 10.1. The average Bonchev–Trinajstić information content (AvgIpc) is 2.25. The first-order valence-corrected chi connectivity index (χ1v) is 6.03. The van der Waals surface area contributed by atoms with E-state index in [0.717, 1.165) is 11.8 Å². The molecule has 0 unspecified atom stereocenters. The van der Waals surface area contributed by atoms with E-state index in [2.05, 4.69) is 5.32 Å². The lowest BCUT2D eigenvalue weighted by Gasteiger charge is -2.08. The number of hydrogen-bond acceptors (Lipinski definition) is 4. The van der Waals surface area contributed by atoms with Crippen LogP contribution in [0.5, 0.6) is 0 Å². The van der Waals surface area contributed by atoms with Crippen molar-refractivity contribution in [2.24, 2.45) is 0 Å². The molecule has 0 aliphatic heterocycles. The molecule has 1 rings (SSSR count). The standard InChI is InChI=1S/C11H14N2O2S/c1-9-5-3-4-6-10(9)7-12-11(16-2)8-13(14)15/h3-6,8,12H,7H2,1-2H3/b11-8-. The zero-order valence-electron chi connectivity index (χ0n) is 9.27. The largest absolute Gasteiger partial charge is 0.371 e. The Hall–Kier alpha value is -1.49. The Morgan fingerprint density at radius 2 is 2.25 bits per heavy atom. The van der Waals surface area contributed by atoms with Gasteiger partial charge in [0.2, 0.25) is 0 Å². The number of rotatable bonds is 5. The molecule has 0 radical (unpaired) electrons. The van der Waals surface area contributed by atoms with E-state index in [0.29, 0.717) is 11.6 Å². The predicted octanol–water partition coefficient (Wildman–Crippen LogP) is 2.52. The summed E-state index contributed by atoms with van der Waals surface area (Å²) in [5, 5.41) is 13.9. The van der Waals surface area contributed by atoms with Crippen molar-refractivity contribution in [3.05, 3.63) is 56.7 Å². The fraction of sp³-hybridized carbons (Fsp3) is 0.273. The molecule has 1 aromatic rings. The van der Waals surface area contributed by atoms with Gasteiger partial charge in [0.05, 0.1) is 4.92 Å². The number of thioether (sulfide) groups is 1. The topological polar surface area (TPSA) is 55.2 Å². The maximum atomic E-state index is 10.3. The lowest BCUT2D eigenvalue weighted by molar-refractivity contribution is -0.403. The molecule has 1 aromatic carbocycles. The summed E-state index contributed by atoms with van der Waals surface area (Å²) in [6.45, 7) is 2.63. The van der Waals surface area contributed by atoms with Crippen molar-refractivity contribution in [1.82, 2.24) is 5.32 Å². The van der Waals surface area contributed by atoms with E-state index >= 15 is 0 Å². The predicted molar refractivity (Wildman–Crippen MR) is 66.6 cm³/mol. The lowest BCUT2D eigenvalue weighted by atomic mass is 10.1. The number of hydrogen-bond donors (Lipinski definition) is 1. The molecule has 0 aliphatic carbocycles. The molecule has 1 N–H and O–H groups in total. The van der Waals surface area contributed by atoms with Crippen LogP contribution < -0.4 is 5.32 Å². The van der Waals surface area contributed by atoms with E-state index in [4.69, 9.17) is 0 Å². The minimum absolute atomic E-state index is 0.448. The normalized spacial score (nSPS) is 11.2.